The second kappa shape index (κ2) is 6.76. The summed E-state index contributed by atoms with van der Waals surface area (Å²) in [7, 11) is 1.49. The van der Waals surface area contributed by atoms with Crippen molar-refractivity contribution in [2.45, 2.75) is 25.5 Å². The van der Waals surface area contributed by atoms with Crippen LogP contribution in [0.25, 0.3) is 5.65 Å². The molecule has 0 saturated carbocycles. The highest BCUT2D eigenvalue weighted by Crippen LogP contribution is 2.20. The van der Waals surface area contributed by atoms with Crippen LogP contribution in [-0.2, 0) is 24.2 Å². The van der Waals surface area contributed by atoms with Crippen LogP contribution in [-0.4, -0.2) is 44.5 Å². The Morgan fingerprint density at radius 2 is 2.15 bits per heavy atom. The average molecular weight is 366 g/mol. The lowest BCUT2D eigenvalue weighted by molar-refractivity contribution is 0.0929. The molecule has 27 heavy (non-hydrogen) atoms. The summed E-state index contributed by atoms with van der Waals surface area (Å²) in [6.07, 6.45) is 4.61. The molecule has 3 N–H and O–H groups in total. The number of ether oxygens (including phenoxy) is 1. The van der Waals surface area contributed by atoms with Gasteiger partial charge in [-0.3, -0.25) is 14.6 Å². The van der Waals surface area contributed by atoms with Crippen molar-refractivity contribution in [2.75, 3.05) is 7.11 Å². The van der Waals surface area contributed by atoms with Crippen LogP contribution in [0.5, 0.6) is 0 Å². The smallest absolute Gasteiger partial charge is 0.270 e. The molecular formula is C18H18N6O3. The second-order valence-corrected chi connectivity index (χ2v) is 6.37. The molecule has 0 fully saturated rings. The van der Waals surface area contributed by atoms with Crippen LogP contribution in [0.4, 0.5) is 0 Å². The molecule has 0 unspecified atom stereocenters. The van der Waals surface area contributed by atoms with Crippen molar-refractivity contribution in [1.82, 2.24) is 24.9 Å². The van der Waals surface area contributed by atoms with Crippen molar-refractivity contribution in [2.24, 2.45) is 5.73 Å². The highest BCUT2D eigenvalue weighted by atomic mass is 16.5. The molecule has 0 radical (unpaired) electrons. The van der Waals surface area contributed by atoms with E-state index in [1.54, 1.807) is 12.3 Å². The number of methoxy groups -OCH3 is 1. The fraction of sp³-hybridized carbons (Fsp3) is 0.278. The van der Waals surface area contributed by atoms with E-state index in [9.17, 15) is 9.59 Å². The summed E-state index contributed by atoms with van der Waals surface area (Å²) < 4.78 is 6.41. The van der Waals surface area contributed by atoms with Crippen LogP contribution >= 0.6 is 0 Å². The Hall–Kier alpha value is -3.33. The minimum atomic E-state index is -0.667. The van der Waals surface area contributed by atoms with Gasteiger partial charge in [-0.2, -0.15) is 5.10 Å². The first-order valence-corrected chi connectivity index (χ1v) is 8.47. The van der Waals surface area contributed by atoms with Crippen molar-refractivity contribution < 1.29 is 14.3 Å². The molecule has 0 aliphatic heterocycles. The van der Waals surface area contributed by atoms with Crippen LogP contribution in [0.15, 0.2) is 30.6 Å². The van der Waals surface area contributed by atoms with Crippen LogP contribution in [0.1, 0.15) is 37.8 Å². The van der Waals surface area contributed by atoms with Gasteiger partial charge < -0.3 is 15.8 Å². The second-order valence-electron chi connectivity index (χ2n) is 6.37. The lowest BCUT2D eigenvalue weighted by atomic mass is 10.2. The van der Waals surface area contributed by atoms with Gasteiger partial charge in [-0.1, -0.05) is 6.07 Å². The first-order chi connectivity index (χ1) is 13.1. The molecule has 0 bridgehead atoms. The van der Waals surface area contributed by atoms with E-state index in [0.29, 0.717) is 12.1 Å². The molecule has 0 saturated heterocycles. The molecule has 138 valence electrons. The maximum atomic E-state index is 12.8. The number of carbonyl (C=O) groups excluding carboxylic acids is 2. The van der Waals surface area contributed by atoms with Gasteiger partial charge in [0.15, 0.2) is 5.65 Å². The normalized spacial score (nSPS) is 15.7. The molecule has 0 spiro atoms. The Kier molecular flexibility index (Phi) is 4.28. The molecular weight excluding hydrogens is 348 g/mol. The summed E-state index contributed by atoms with van der Waals surface area (Å²) in [5.41, 5.74) is 8.61. The minimum Gasteiger partial charge on any atom is -0.378 e. The summed E-state index contributed by atoms with van der Waals surface area (Å²) in [5, 5.41) is 7.32. The topological polar surface area (TPSA) is 124 Å². The molecule has 2 amide bonds. The Morgan fingerprint density at radius 3 is 2.89 bits per heavy atom. The van der Waals surface area contributed by atoms with E-state index < -0.39 is 5.91 Å². The number of hydrogen-bond acceptors (Lipinski definition) is 6. The predicted octanol–water partition coefficient (Wildman–Crippen LogP) is 0.267. The maximum Gasteiger partial charge on any atom is 0.270 e. The number of nitrogens with zero attached hydrogens (tertiary/aromatic N) is 4. The highest BCUT2D eigenvalue weighted by molar-refractivity contribution is 6.01. The zero-order chi connectivity index (χ0) is 19.0. The summed E-state index contributed by atoms with van der Waals surface area (Å²) in [4.78, 5) is 33.2. The molecule has 9 nitrogen and oxygen atoms in total. The first kappa shape index (κ1) is 17.1. The van der Waals surface area contributed by atoms with Gasteiger partial charge in [0.25, 0.3) is 11.8 Å². The van der Waals surface area contributed by atoms with Gasteiger partial charge in [0.05, 0.1) is 6.61 Å². The van der Waals surface area contributed by atoms with E-state index in [2.05, 4.69) is 20.4 Å². The Labute approximate surface area is 154 Å². The number of nitrogens with one attached hydrogen (secondary N) is 1. The number of amides is 2. The Balaban J connectivity index is 1.65. The van der Waals surface area contributed by atoms with Crippen molar-refractivity contribution in [3.63, 3.8) is 0 Å². The fourth-order valence-electron chi connectivity index (χ4n) is 3.42. The summed E-state index contributed by atoms with van der Waals surface area (Å²) in [5.74, 6) is -0.970. The number of carbonyl (C=O) groups is 2. The van der Waals surface area contributed by atoms with Crippen LogP contribution in [0.2, 0.25) is 0 Å². The van der Waals surface area contributed by atoms with E-state index in [1.165, 1.54) is 17.8 Å². The van der Waals surface area contributed by atoms with Crippen molar-refractivity contribution >= 4 is 17.5 Å². The number of pyridine rings is 1. The number of rotatable bonds is 5. The van der Waals surface area contributed by atoms with Crippen molar-refractivity contribution in [1.29, 1.82) is 0 Å². The first-order valence-electron chi connectivity index (χ1n) is 8.47. The third-order valence-corrected chi connectivity index (χ3v) is 4.58. The number of hydrogen-bond donors (Lipinski definition) is 2. The van der Waals surface area contributed by atoms with Gasteiger partial charge in [0, 0.05) is 37.7 Å². The quantitative estimate of drug-likeness (QED) is 0.668. The molecule has 3 aromatic heterocycles. The monoisotopic (exact) mass is 366 g/mol. The van der Waals surface area contributed by atoms with Crippen LogP contribution < -0.4 is 11.1 Å². The molecule has 1 aliphatic carbocycles. The largest absolute Gasteiger partial charge is 0.378 e. The zero-order valence-corrected chi connectivity index (χ0v) is 14.7. The number of fused-ring (bicyclic) bond motifs is 2. The van der Waals surface area contributed by atoms with Gasteiger partial charge in [-0.05, 0) is 24.1 Å². The molecule has 3 heterocycles. The Morgan fingerprint density at radius 1 is 1.30 bits per heavy atom. The third-order valence-electron chi connectivity index (χ3n) is 4.58. The lowest BCUT2D eigenvalue weighted by Crippen LogP contribution is -2.36. The zero-order valence-electron chi connectivity index (χ0n) is 14.7. The standard InChI is InChI=1S/C18H18N6O3/c1-27-9-13-15(16(19)25)17-21-6-4-14(24(17)23-13)18(26)22-11-7-10-3-2-5-20-12(10)8-11/h2-6,11H,7-9H2,1H3,(H2,19,25)(H,22,26)/t11-/m1/s1. The average Bonchev–Trinajstić information content (AvgIpc) is 3.21. The van der Waals surface area contributed by atoms with Gasteiger partial charge in [-0.15, -0.1) is 0 Å². The molecule has 4 rings (SSSR count). The SMILES string of the molecule is COCc1nn2c(C(=O)N[C@@H]3Cc4cccnc4C3)ccnc2c1C(N)=O. The maximum absolute atomic E-state index is 12.8. The number of nitrogens with two attached hydrogens (primary N) is 1. The lowest BCUT2D eigenvalue weighted by Gasteiger charge is -2.12. The fourth-order valence-corrected chi connectivity index (χ4v) is 3.42. The van der Waals surface area contributed by atoms with Crippen molar-refractivity contribution in [3.8, 4) is 0 Å². The van der Waals surface area contributed by atoms with Gasteiger partial charge in [-0.25, -0.2) is 9.50 Å². The minimum absolute atomic E-state index is 0.0461. The van der Waals surface area contributed by atoms with E-state index in [4.69, 9.17) is 10.5 Å². The van der Waals surface area contributed by atoms with E-state index in [-0.39, 0.29) is 35.5 Å². The summed E-state index contributed by atoms with van der Waals surface area (Å²) in [6, 6.07) is 5.41. The Bertz CT molecular complexity index is 1020. The van der Waals surface area contributed by atoms with Gasteiger partial charge in [0.1, 0.15) is 17.0 Å². The predicted molar refractivity (Wildman–Crippen MR) is 95.1 cm³/mol. The van der Waals surface area contributed by atoms with E-state index in [1.807, 2.05) is 12.1 Å². The highest BCUT2D eigenvalue weighted by Gasteiger charge is 2.26. The molecule has 0 aromatic carbocycles. The van der Waals surface area contributed by atoms with Crippen LogP contribution in [0.3, 0.4) is 0 Å². The van der Waals surface area contributed by atoms with Gasteiger partial charge >= 0.3 is 0 Å². The molecule has 9 heteroatoms. The molecule has 3 aromatic rings. The molecule has 1 aliphatic rings. The summed E-state index contributed by atoms with van der Waals surface area (Å²) in [6.45, 7) is 0.0896. The molecule has 1 atom stereocenters. The van der Waals surface area contributed by atoms with E-state index in [0.717, 1.165) is 17.7 Å². The van der Waals surface area contributed by atoms with E-state index >= 15 is 0 Å². The van der Waals surface area contributed by atoms with Crippen LogP contribution in [0, 0.1) is 0 Å². The summed E-state index contributed by atoms with van der Waals surface area (Å²) >= 11 is 0. The number of aromatic nitrogens is 4. The van der Waals surface area contributed by atoms with Crippen molar-refractivity contribution in [3.05, 3.63) is 58.8 Å². The third kappa shape index (κ3) is 3.02. The van der Waals surface area contributed by atoms with Gasteiger partial charge in [0.2, 0.25) is 0 Å². The number of primary amides is 1.